The van der Waals surface area contributed by atoms with Gasteiger partial charge >= 0.3 is 0 Å². The molecule has 0 unspecified atom stereocenters. The van der Waals surface area contributed by atoms with Gasteiger partial charge in [0.15, 0.2) is 0 Å². The van der Waals surface area contributed by atoms with Crippen LogP contribution in [0.4, 0.5) is 0 Å². The average molecular weight is 267 g/mol. The maximum atomic E-state index is 4.29. The van der Waals surface area contributed by atoms with Crippen LogP contribution in [-0.2, 0) is 13.1 Å². The molecule has 0 aliphatic rings. The minimum Gasteiger partial charge on any atom is -0.308 e. The van der Waals surface area contributed by atoms with Crippen molar-refractivity contribution in [1.29, 1.82) is 0 Å². The second-order valence-electron chi connectivity index (χ2n) is 4.70. The molecular formula is C15H17N5. The summed E-state index contributed by atoms with van der Waals surface area (Å²) in [6, 6.07) is 10.2. The van der Waals surface area contributed by atoms with Gasteiger partial charge in [-0.05, 0) is 24.6 Å². The normalized spacial score (nSPS) is 10.8. The van der Waals surface area contributed by atoms with E-state index in [1.165, 1.54) is 11.1 Å². The molecule has 20 heavy (non-hydrogen) atoms. The van der Waals surface area contributed by atoms with Crippen LogP contribution in [0.25, 0.3) is 5.69 Å². The SMILES string of the molecule is Cc1[nH]ncc1CNCc1ccccc1-n1cccn1. The molecule has 2 N–H and O–H groups in total. The molecule has 0 fully saturated rings. The minimum absolute atomic E-state index is 0.792. The summed E-state index contributed by atoms with van der Waals surface area (Å²) in [7, 11) is 0. The first kappa shape index (κ1) is 12.6. The smallest absolute Gasteiger partial charge is 0.0690 e. The van der Waals surface area contributed by atoms with Crippen LogP contribution in [0.1, 0.15) is 16.8 Å². The lowest BCUT2D eigenvalue weighted by Gasteiger charge is -2.10. The molecule has 0 spiro atoms. The van der Waals surface area contributed by atoms with Crippen LogP contribution in [-0.4, -0.2) is 20.0 Å². The van der Waals surface area contributed by atoms with Gasteiger partial charge in [0.05, 0.1) is 11.9 Å². The number of aromatic amines is 1. The summed E-state index contributed by atoms with van der Waals surface area (Å²) >= 11 is 0. The lowest BCUT2D eigenvalue weighted by Crippen LogP contribution is -2.14. The zero-order valence-electron chi connectivity index (χ0n) is 11.4. The molecule has 3 rings (SSSR count). The quantitative estimate of drug-likeness (QED) is 0.745. The predicted molar refractivity (Wildman–Crippen MR) is 77.4 cm³/mol. The van der Waals surface area contributed by atoms with Crippen molar-refractivity contribution < 1.29 is 0 Å². The van der Waals surface area contributed by atoms with E-state index in [1.54, 1.807) is 6.20 Å². The van der Waals surface area contributed by atoms with Gasteiger partial charge in [-0.3, -0.25) is 5.10 Å². The number of hydrogen-bond acceptors (Lipinski definition) is 3. The first-order valence-electron chi connectivity index (χ1n) is 6.62. The van der Waals surface area contributed by atoms with Gasteiger partial charge in [0.2, 0.25) is 0 Å². The monoisotopic (exact) mass is 267 g/mol. The minimum atomic E-state index is 0.792. The van der Waals surface area contributed by atoms with Crippen molar-refractivity contribution in [2.45, 2.75) is 20.0 Å². The van der Waals surface area contributed by atoms with E-state index in [1.807, 2.05) is 42.2 Å². The van der Waals surface area contributed by atoms with Crippen molar-refractivity contribution in [3.05, 3.63) is 65.7 Å². The lowest BCUT2D eigenvalue weighted by molar-refractivity contribution is 0.684. The highest BCUT2D eigenvalue weighted by Crippen LogP contribution is 2.13. The third-order valence-electron chi connectivity index (χ3n) is 3.31. The number of aryl methyl sites for hydroxylation is 1. The molecule has 102 valence electrons. The number of H-pyrrole nitrogens is 1. The van der Waals surface area contributed by atoms with Crippen molar-refractivity contribution >= 4 is 0 Å². The van der Waals surface area contributed by atoms with E-state index in [0.717, 1.165) is 24.5 Å². The average Bonchev–Trinajstić information content (AvgIpc) is 3.12. The number of nitrogens with one attached hydrogen (secondary N) is 2. The van der Waals surface area contributed by atoms with E-state index in [4.69, 9.17) is 0 Å². The van der Waals surface area contributed by atoms with E-state index in [2.05, 4.69) is 32.7 Å². The third-order valence-corrected chi connectivity index (χ3v) is 3.31. The summed E-state index contributed by atoms with van der Waals surface area (Å²) in [4.78, 5) is 0. The van der Waals surface area contributed by atoms with Gasteiger partial charge in [-0.2, -0.15) is 10.2 Å². The van der Waals surface area contributed by atoms with Gasteiger partial charge in [-0.15, -0.1) is 0 Å². The molecule has 5 nitrogen and oxygen atoms in total. The molecule has 0 bridgehead atoms. The highest BCUT2D eigenvalue weighted by molar-refractivity contribution is 5.40. The summed E-state index contributed by atoms with van der Waals surface area (Å²) in [5.74, 6) is 0. The van der Waals surface area contributed by atoms with Gasteiger partial charge in [-0.1, -0.05) is 18.2 Å². The number of para-hydroxylation sites is 1. The van der Waals surface area contributed by atoms with E-state index in [9.17, 15) is 0 Å². The molecule has 1 aromatic carbocycles. The summed E-state index contributed by atoms with van der Waals surface area (Å²) in [6.07, 6.45) is 5.61. The van der Waals surface area contributed by atoms with Crippen molar-refractivity contribution in [2.75, 3.05) is 0 Å². The maximum absolute atomic E-state index is 4.29. The molecule has 0 saturated heterocycles. The Morgan fingerprint density at radius 3 is 2.75 bits per heavy atom. The van der Waals surface area contributed by atoms with Gasteiger partial charge in [-0.25, -0.2) is 4.68 Å². The van der Waals surface area contributed by atoms with Crippen LogP contribution in [0.2, 0.25) is 0 Å². The number of hydrogen-bond donors (Lipinski definition) is 2. The molecule has 2 aromatic heterocycles. The number of benzene rings is 1. The molecule has 0 amide bonds. The van der Waals surface area contributed by atoms with Crippen LogP contribution in [0, 0.1) is 6.92 Å². The Labute approximate surface area is 117 Å². The standard InChI is InChI=1S/C15H17N5/c1-12-14(11-17-19-12)10-16-9-13-5-2-3-6-15(13)20-8-4-7-18-20/h2-8,11,16H,9-10H2,1H3,(H,17,19). The van der Waals surface area contributed by atoms with Gasteiger partial charge in [0.25, 0.3) is 0 Å². The fraction of sp³-hybridized carbons (Fsp3) is 0.200. The molecule has 0 atom stereocenters. The van der Waals surface area contributed by atoms with Crippen LogP contribution < -0.4 is 5.32 Å². The molecule has 2 heterocycles. The molecular weight excluding hydrogens is 250 g/mol. The highest BCUT2D eigenvalue weighted by Gasteiger charge is 2.05. The fourth-order valence-electron chi connectivity index (χ4n) is 2.18. The zero-order valence-corrected chi connectivity index (χ0v) is 11.4. The Morgan fingerprint density at radius 2 is 2.00 bits per heavy atom. The van der Waals surface area contributed by atoms with Crippen LogP contribution in [0.5, 0.6) is 0 Å². The topological polar surface area (TPSA) is 58.5 Å². The van der Waals surface area contributed by atoms with Crippen LogP contribution >= 0.6 is 0 Å². The Bertz CT molecular complexity index is 669. The second kappa shape index (κ2) is 5.71. The summed E-state index contributed by atoms with van der Waals surface area (Å²) in [6.45, 7) is 3.62. The van der Waals surface area contributed by atoms with Crippen molar-refractivity contribution in [2.24, 2.45) is 0 Å². The van der Waals surface area contributed by atoms with Gasteiger partial charge in [0.1, 0.15) is 0 Å². The van der Waals surface area contributed by atoms with Crippen molar-refractivity contribution in [3.8, 4) is 5.69 Å². The predicted octanol–water partition coefficient (Wildman–Crippen LogP) is 2.19. The summed E-state index contributed by atoms with van der Waals surface area (Å²) in [5, 5.41) is 14.7. The van der Waals surface area contributed by atoms with Crippen LogP contribution in [0.15, 0.2) is 48.9 Å². The van der Waals surface area contributed by atoms with E-state index in [0.29, 0.717) is 0 Å². The molecule has 0 aliphatic heterocycles. The first-order valence-corrected chi connectivity index (χ1v) is 6.62. The lowest BCUT2D eigenvalue weighted by atomic mass is 10.1. The van der Waals surface area contributed by atoms with E-state index < -0.39 is 0 Å². The largest absolute Gasteiger partial charge is 0.308 e. The van der Waals surface area contributed by atoms with E-state index >= 15 is 0 Å². The fourth-order valence-corrected chi connectivity index (χ4v) is 2.18. The molecule has 0 radical (unpaired) electrons. The molecule has 5 heteroatoms. The van der Waals surface area contributed by atoms with Gasteiger partial charge in [0, 0.05) is 36.7 Å². The highest BCUT2D eigenvalue weighted by atomic mass is 15.3. The number of rotatable bonds is 5. The molecule has 3 aromatic rings. The maximum Gasteiger partial charge on any atom is 0.0690 e. The van der Waals surface area contributed by atoms with E-state index in [-0.39, 0.29) is 0 Å². The second-order valence-corrected chi connectivity index (χ2v) is 4.70. The zero-order chi connectivity index (χ0) is 13.8. The molecule has 0 saturated carbocycles. The summed E-state index contributed by atoms with van der Waals surface area (Å²) in [5.41, 5.74) is 4.63. The van der Waals surface area contributed by atoms with Crippen molar-refractivity contribution in [3.63, 3.8) is 0 Å². The Hall–Kier alpha value is -2.40. The number of nitrogens with zero attached hydrogens (tertiary/aromatic N) is 3. The Kier molecular flexibility index (Phi) is 3.60. The van der Waals surface area contributed by atoms with Crippen LogP contribution in [0.3, 0.4) is 0 Å². The number of aromatic nitrogens is 4. The molecule has 0 aliphatic carbocycles. The Morgan fingerprint density at radius 1 is 1.15 bits per heavy atom. The third kappa shape index (κ3) is 2.62. The first-order chi connectivity index (χ1) is 9.84. The Balaban J connectivity index is 1.70. The van der Waals surface area contributed by atoms with Gasteiger partial charge < -0.3 is 5.32 Å². The van der Waals surface area contributed by atoms with Crippen molar-refractivity contribution in [1.82, 2.24) is 25.3 Å². The summed E-state index contributed by atoms with van der Waals surface area (Å²) < 4.78 is 1.89.